The van der Waals surface area contributed by atoms with Gasteiger partial charge in [-0.15, -0.1) is 0 Å². The van der Waals surface area contributed by atoms with E-state index in [1.165, 1.54) is 4.90 Å². The van der Waals surface area contributed by atoms with Gasteiger partial charge in [0.25, 0.3) is 0 Å². The first kappa shape index (κ1) is 18.8. The summed E-state index contributed by atoms with van der Waals surface area (Å²) >= 11 is 0. The van der Waals surface area contributed by atoms with Crippen molar-refractivity contribution in [2.24, 2.45) is 5.73 Å². The number of fused-ring (bicyclic) bond motifs is 1. The third kappa shape index (κ3) is 3.61. The topological polar surface area (TPSA) is 156 Å². The molecule has 0 aliphatic carbocycles. The Morgan fingerprint density at radius 1 is 1.37 bits per heavy atom. The Labute approximate surface area is 156 Å². The lowest BCUT2D eigenvalue weighted by molar-refractivity contribution is -0.117. The molecule has 9 nitrogen and oxygen atoms in total. The Balaban J connectivity index is 2.01. The monoisotopic (exact) mass is 388 g/mol. The van der Waals surface area contributed by atoms with Crippen LogP contribution in [-0.2, 0) is 27.5 Å². The second kappa shape index (κ2) is 6.95. The van der Waals surface area contributed by atoms with Crippen LogP contribution in [0.5, 0.6) is 0 Å². The normalized spacial score (nSPS) is 15.4. The van der Waals surface area contributed by atoms with Gasteiger partial charge in [-0.05, 0) is 24.1 Å². The van der Waals surface area contributed by atoms with Crippen LogP contribution in [-0.4, -0.2) is 31.7 Å². The Bertz CT molecular complexity index is 1030. The molecule has 2 heterocycles. The van der Waals surface area contributed by atoms with Crippen molar-refractivity contribution in [1.29, 1.82) is 4.78 Å². The molecule has 10 heteroatoms. The van der Waals surface area contributed by atoms with Crippen LogP contribution in [0.2, 0.25) is 0 Å². The van der Waals surface area contributed by atoms with E-state index in [4.69, 9.17) is 16.2 Å². The van der Waals surface area contributed by atoms with E-state index in [-0.39, 0.29) is 41.4 Å². The number of aromatic nitrogens is 2. The lowest BCUT2D eigenvalue weighted by Crippen LogP contribution is -2.27. The van der Waals surface area contributed by atoms with Crippen molar-refractivity contribution >= 4 is 33.2 Å². The van der Waals surface area contributed by atoms with Gasteiger partial charge in [-0.1, -0.05) is 19.1 Å². The minimum atomic E-state index is -3.19. The second-order valence-electron chi connectivity index (χ2n) is 6.29. The molecule has 0 radical (unpaired) electrons. The van der Waals surface area contributed by atoms with Crippen LogP contribution < -0.4 is 16.4 Å². The molecule has 1 atom stereocenters. The van der Waals surface area contributed by atoms with E-state index < -0.39 is 15.6 Å². The summed E-state index contributed by atoms with van der Waals surface area (Å²) in [6.45, 7) is 1.96. The molecule has 2 amide bonds. The zero-order valence-electron chi connectivity index (χ0n) is 14.8. The minimum absolute atomic E-state index is 0.0317. The van der Waals surface area contributed by atoms with Crippen LogP contribution in [0, 0.1) is 4.78 Å². The predicted octanol–water partition coefficient (Wildman–Crippen LogP) is 1.06. The number of primary amides is 1. The molecule has 5 N–H and O–H groups in total. The van der Waals surface area contributed by atoms with Crippen LogP contribution >= 0.6 is 0 Å². The number of carbonyl (C=O) groups is 2. The number of amides is 2. The molecular formula is C17H20N6O3S. The number of benzene rings is 1. The summed E-state index contributed by atoms with van der Waals surface area (Å²) in [5.74, 6) is -0.359. The molecule has 2 aromatic rings. The van der Waals surface area contributed by atoms with Crippen molar-refractivity contribution in [1.82, 2.24) is 9.97 Å². The van der Waals surface area contributed by atoms with Crippen molar-refractivity contribution in [3.8, 4) is 0 Å². The van der Waals surface area contributed by atoms with E-state index in [2.05, 4.69) is 9.97 Å². The first-order valence-corrected chi connectivity index (χ1v) is 10.1. The molecule has 0 saturated carbocycles. The van der Waals surface area contributed by atoms with Crippen LogP contribution in [0.4, 0.5) is 11.6 Å². The number of nitrogen functional groups attached to an aromatic ring is 1. The van der Waals surface area contributed by atoms with Gasteiger partial charge >= 0.3 is 0 Å². The molecule has 1 aliphatic rings. The number of nitrogens with one attached hydrogen (secondary N) is 1. The number of hydrogen-bond donors (Lipinski definition) is 3. The van der Waals surface area contributed by atoms with Crippen LogP contribution in [0.25, 0.3) is 0 Å². The third-order valence-electron chi connectivity index (χ3n) is 4.22. The maximum atomic E-state index is 12.5. The molecule has 27 heavy (non-hydrogen) atoms. The van der Waals surface area contributed by atoms with Crippen molar-refractivity contribution in [3.63, 3.8) is 0 Å². The Morgan fingerprint density at radius 3 is 2.78 bits per heavy atom. The molecule has 1 aromatic heterocycles. The van der Waals surface area contributed by atoms with Gasteiger partial charge < -0.3 is 11.5 Å². The van der Waals surface area contributed by atoms with Crippen LogP contribution in [0.15, 0.2) is 29.4 Å². The zero-order valence-corrected chi connectivity index (χ0v) is 15.6. The van der Waals surface area contributed by atoms with Gasteiger partial charge in [0.05, 0.1) is 13.0 Å². The van der Waals surface area contributed by atoms with Gasteiger partial charge in [-0.3, -0.25) is 14.5 Å². The summed E-state index contributed by atoms with van der Waals surface area (Å²) in [4.78, 5) is 33.5. The second-order valence-corrected chi connectivity index (χ2v) is 8.42. The molecule has 0 bridgehead atoms. The largest absolute Gasteiger partial charge is 0.383 e. The summed E-state index contributed by atoms with van der Waals surface area (Å²) in [5, 5.41) is -0.161. The Hall–Kier alpha value is -3.01. The summed E-state index contributed by atoms with van der Waals surface area (Å²) in [7, 11) is -3.19. The van der Waals surface area contributed by atoms with E-state index in [1.807, 2.05) is 6.92 Å². The number of anilines is 2. The fourth-order valence-electron chi connectivity index (χ4n) is 2.92. The van der Waals surface area contributed by atoms with E-state index >= 15 is 0 Å². The van der Waals surface area contributed by atoms with Gasteiger partial charge in [-0.25, -0.2) is 19.0 Å². The van der Waals surface area contributed by atoms with Gasteiger partial charge in [0.2, 0.25) is 17.0 Å². The maximum absolute atomic E-state index is 12.5. The highest BCUT2D eigenvalue weighted by atomic mass is 32.2. The predicted molar refractivity (Wildman–Crippen MR) is 101 cm³/mol. The van der Waals surface area contributed by atoms with Crippen LogP contribution in [0.1, 0.15) is 34.8 Å². The molecule has 0 fully saturated rings. The van der Waals surface area contributed by atoms with E-state index in [9.17, 15) is 13.8 Å². The summed E-state index contributed by atoms with van der Waals surface area (Å²) < 4.78 is 20.6. The van der Waals surface area contributed by atoms with E-state index in [0.29, 0.717) is 23.1 Å². The van der Waals surface area contributed by atoms with E-state index in [0.717, 1.165) is 0 Å². The fourth-order valence-corrected chi connectivity index (χ4v) is 4.16. The highest BCUT2D eigenvalue weighted by molar-refractivity contribution is 7.92. The SMILES string of the molecule is CCCS(=N)(=O)c1nc(N)c2c(n1)N(Cc1cccc(C(N)=O)c1)C(=O)C2. The average Bonchev–Trinajstić information content (AvgIpc) is 2.92. The first-order chi connectivity index (χ1) is 12.7. The molecule has 1 aliphatic heterocycles. The summed E-state index contributed by atoms with van der Waals surface area (Å²) in [5.41, 5.74) is 12.7. The number of hydrogen-bond acceptors (Lipinski definition) is 7. The highest BCUT2D eigenvalue weighted by Crippen LogP contribution is 2.32. The summed E-state index contributed by atoms with van der Waals surface area (Å²) in [6.07, 6.45) is 0.565. The number of rotatable bonds is 6. The van der Waals surface area contributed by atoms with Gasteiger partial charge in [0.1, 0.15) is 21.4 Å². The van der Waals surface area contributed by atoms with Crippen molar-refractivity contribution in [2.45, 2.75) is 31.5 Å². The van der Waals surface area contributed by atoms with Gasteiger partial charge in [0, 0.05) is 16.9 Å². The molecule has 0 spiro atoms. The average molecular weight is 388 g/mol. The highest BCUT2D eigenvalue weighted by Gasteiger charge is 2.33. The van der Waals surface area contributed by atoms with Crippen molar-refractivity contribution in [3.05, 3.63) is 41.0 Å². The zero-order chi connectivity index (χ0) is 19.8. The van der Waals surface area contributed by atoms with Crippen molar-refractivity contribution in [2.75, 3.05) is 16.4 Å². The van der Waals surface area contributed by atoms with E-state index in [1.54, 1.807) is 24.3 Å². The summed E-state index contributed by atoms with van der Waals surface area (Å²) in [6, 6.07) is 6.62. The minimum Gasteiger partial charge on any atom is -0.383 e. The lowest BCUT2D eigenvalue weighted by atomic mass is 10.1. The molecule has 3 rings (SSSR count). The van der Waals surface area contributed by atoms with Crippen molar-refractivity contribution < 1.29 is 13.8 Å². The molecule has 142 valence electrons. The molecule has 0 saturated heterocycles. The van der Waals surface area contributed by atoms with Crippen LogP contribution in [0.3, 0.4) is 0 Å². The number of nitrogens with zero attached hydrogens (tertiary/aromatic N) is 3. The lowest BCUT2D eigenvalue weighted by Gasteiger charge is -2.18. The Morgan fingerprint density at radius 2 is 2.11 bits per heavy atom. The fraction of sp³-hybridized carbons (Fsp3) is 0.294. The Kier molecular flexibility index (Phi) is 4.83. The molecule has 1 aromatic carbocycles. The number of nitrogens with two attached hydrogens (primary N) is 2. The maximum Gasteiger partial charge on any atom is 0.248 e. The quantitative estimate of drug-likeness (QED) is 0.628. The van der Waals surface area contributed by atoms with Gasteiger partial charge in [0.15, 0.2) is 0 Å². The van der Waals surface area contributed by atoms with Gasteiger partial charge in [-0.2, -0.15) is 0 Å². The smallest absolute Gasteiger partial charge is 0.248 e. The standard InChI is InChI=1S/C17H20N6O3S/c1-2-6-27(20,26)17-21-14(18)12-8-13(24)23(16(12)22-17)9-10-4-3-5-11(7-10)15(19)25/h3-5,7,20H,2,6,8-9H2,1H3,(H2,19,25)(H2,18,21,22). The molecule has 1 unspecified atom stereocenters. The first-order valence-electron chi connectivity index (χ1n) is 8.35. The molecular weight excluding hydrogens is 368 g/mol. The third-order valence-corrected chi connectivity index (χ3v) is 5.98. The number of carbonyl (C=O) groups excluding carboxylic acids is 2.